The lowest BCUT2D eigenvalue weighted by molar-refractivity contribution is 0.233. The summed E-state index contributed by atoms with van der Waals surface area (Å²) in [7, 11) is 0. The fraction of sp³-hybridized carbons (Fsp3) is 0.438. The maximum atomic E-state index is 13.3. The number of aryl methyl sites for hydroxylation is 1. The van der Waals surface area contributed by atoms with E-state index in [9.17, 15) is 9.18 Å². The Morgan fingerprint density at radius 1 is 1.43 bits per heavy atom. The van der Waals surface area contributed by atoms with Gasteiger partial charge in [-0.2, -0.15) is 0 Å². The molecule has 0 saturated heterocycles. The lowest BCUT2D eigenvalue weighted by atomic mass is 9.91. The molecule has 2 aromatic rings. The van der Waals surface area contributed by atoms with Crippen molar-refractivity contribution in [2.24, 2.45) is 0 Å². The van der Waals surface area contributed by atoms with E-state index in [4.69, 9.17) is 0 Å². The zero-order valence-corrected chi connectivity index (χ0v) is 12.3. The maximum absolute atomic E-state index is 13.3. The molecule has 0 saturated carbocycles. The number of aromatic nitrogens is 1. The second kappa shape index (κ2) is 5.39. The first kappa shape index (κ1) is 13.9. The smallest absolute Gasteiger partial charge is 0.315 e. The number of rotatable bonds is 2. The van der Waals surface area contributed by atoms with Gasteiger partial charge < -0.3 is 15.6 Å². The molecule has 3 N–H and O–H groups in total. The number of amides is 2. The molecule has 0 spiro atoms. The van der Waals surface area contributed by atoms with E-state index in [0.29, 0.717) is 0 Å². The number of H-pyrrole nitrogens is 1. The number of hydrogen-bond donors (Lipinski definition) is 3. The predicted octanol–water partition coefficient (Wildman–Crippen LogP) is 2.87. The third-order valence-corrected chi connectivity index (χ3v) is 3.90. The molecular weight excluding hydrogens is 269 g/mol. The molecular formula is C16H20FN3O. The lowest BCUT2D eigenvalue weighted by Crippen LogP contribution is -2.46. The third-order valence-electron chi connectivity index (χ3n) is 3.90. The molecule has 0 bridgehead atoms. The van der Waals surface area contributed by atoms with Crippen LogP contribution < -0.4 is 10.6 Å². The molecule has 1 unspecified atom stereocenters. The van der Waals surface area contributed by atoms with E-state index in [-0.39, 0.29) is 23.9 Å². The molecule has 1 aliphatic carbocycles. The molecule has 112 valence electrons. The summed E-state index contributed by atoms with van der Waals surface area (Å²) >= 11 is 0. The molecule has 1 aliphatic rings. The first-order valence-electron chi connectivity index (χ1n) is 7.39. The number of aromatic amines is 1. The number of urea groups is 1. The van der Waals surface area contributed by atoms with Crippen molar-refractivity contribution in [2.45, 2.75) is 45.2 Å². The van der Waals surface area contributed by atoms with Gasteiger partial charge in [-0.3, -0.25) is 0 Å². The van der Waals surface area contributed by atoms with E-state index in [1.54, 1.807) is 0 Å². The standard InChI is InChI=1S/C16H20FN3O/c1-9(2)18-16(21)19-11-4-6-14-13(8-11)12-5-3-10(17)7-15(12)20-14/h3,5,7,9,11,20H,4,6,8H2,1-2H3,(H2,18,19,21). The van der Waals surface area contributed by atoms with Crippen LogP contribution in [0.2, 0.25) is 0 Å². The van der Waals surface area contributed by atoms with Crippen LogP contribution in [-0.4, -0.2) is 23.1 Å². The molecule has 0 fully saturated rings. The average Bonchev–Trinajstić information content (AvgIpc) is 2.74. The Morgan fingerprint density at radius 2 is 2.24 bits per heavy atom. The Balaban J connectivity index is 1.78. The average molecular weight is 289 g/mol. The van der Waals surface area contributed by atoms with Gasteiger partial charge in [0.15, 0.2) is 0 Å². The molecule has 1 aromatic carbocycles. The number of carbonyl (C=O) groups excluding carboxylic acids is 1. The lowest BCUT2D eigenvalue weighted by Gasteiger charge is -2.24. The summed E-state index contributed by atoms with van der Waals surface area (Å²) in [5.74, 6) is -0.230. The first-order valence-corrected chi connectivity index (χ1v) is 7.39. The van der Waals surface area contributed by atoms with Gasteiger partial charge >= 0.3 is 6.03 Å². The molecule has 1 heterocycles. The molecule has 0 aliphatic heterocycles. The highest BCUT2D eigenvalue weighted by molar-refractivity contribution is 5.85. The van der Waals surface area contributed by atoms with Crippen LogP contribution in [0.15, 0.2) is 18.2 Å². The SMILES string of the molecule is CC(C)NC(=O)NC1CCc2[nH]c3cc(F)ccc3c2C1. The second-order valence-electron chi connectivity index (χ2n) is 5.98. The fourth-order valence-electron chi connectivity index (χ4n) is 3.01. The van der Waals surface area contributed by atoms with Crippen LogP contribution in [0.25, 0.3) is 10.9 Å². The van der Waals surface area contributed by atoms with Crippen molar-refractivity contribution in [3.8, 4) is 0 Å². The monoisotopic (exact) mass is 289 g/mol. The molecule has 0 radical (unpaired) electrons. The number of benzene rings is 1. The van der Waals surface area contributed by atoms with Gasteiger partial charge in [0.05, 0.1) is 0 Å². The van der Waals surface area contributed by atoms with Gasteiger partial charge in [-0.1, -0.05) is 0 Å². The van der Waals surface area contributed by atoms with Gasteiger partial charge in [-0.05, 0) is 56.9 Å². The van der Waals surface area contributed by atoms with E-state index >= 15 is 0 Å². The minimum absolute atomic E-state index is 0.121. The molecule has 4 nitrogen and oxygen atoms in total. The van der Waals surface area contributed by atoms with Gasteiger partial charge in [-0.25, -0.2) is 9.18 Å². The van der Waals surface area contributed by atoms with Crippen molar-refractivity contribution in [3.05, 3.63) is 35.3 Å². The highest BCUT2D eigenvalue weighted by Crippen LogP contribution is 2.29. The minimum atomic E-state index is -0.230. The van der Waals surface area contributed by atoms with Gasteiger partial charge in [-0.15, -0.1) is 0 Å². The zero-order valence-electron chi connectivity index (χ0n) is 12.3. The Morgan fingerprint density at radius 3 is 3.00 bits per heavy atom. The third kappa shape index (κ3) is 2.86. The van der Waals surface area contributed by atoms with Crippen LogP contribution >= 0.6 is 0 Å². The quantitative estimate of drug-likeness (QED) is 0.782. The normalized spacial score (nSPS) is 17.8. The van der Waals surface area contributed by atoms with E-state index in [1.807, 2.05) is 19.9 Å². The van der Waals surface area contributed by atoms with Crippen LogP contribution in [0.1, 0.15) is 31.5 Å². The molecule has 21 heavy (non-hydrogen) atoms. The topological polar surface area (TPSA) is 56.9 Å². The molecule has 1 atom stereocenters. The van der Waals surface area contributed by atoms with Crippen molar-refractivity contribution in [1.29, 1.82) is 0 Å². The van der Waals surface area contributed by atoms with Gasteiger partial charge in [0.25, 0.3) is 0 Å². The first-order chi connectivity index (χ1) is 10.0. The number of carbonyl (C=O) groups is 1. The van der Waals surface area contributed by atoms with Crippen molar-refractivity contribution >= 4 is 16.9 Å². The fourth-order valence-corrected chi connectivity index (χ4v) is 3.01. The summed E-state index contributed by atoms with van der Waals surface area (Å²) in [6.07, 6.45) is 2.55. The van der Waals surface area contributed by atoms with Crippen LogP contribution in [0.4, 0.5) is 9.18 Å². The van der Waals surface area contributed by atoms with Crippen molar-refractivity contribution in [1.82, 2.24) is 15.6 Å². The van der Waals surface area contributed by atoms with E-state index in [2.05, 4.69) is 15.6 Å². The number of nitrogens with one attached hydrogen (secondary N) is 3. The highest BCUT2D eigenvalue weighted by Gasteiger charge is 2.23. The van der Waals surface area contributed by atoms with Crippen LogP contribution in [0.3, 0.4) is 0 Å². The molecule has 2 amide bonds. The van der Waals surface area contributed by atoms with Crippen molar-refractivity contribution < 1.29 is 9.18 Å². The van der Waals surface area contributed by atoms with Crippen LogP contribution in [0.5, 0.6) is 0 Å². The van der Waals surface area contributed by atoms with Crippen LogP contribution in [0, 0.1) is 5.82 Å². The second-order valence-corrected chi connectivity index (χ2v) is 5.98. The summed E-state index contributed by atoms with van der Waals surface area (Å²) < 4.78 is 13.3. The van der Waals surface area contributed by atoms with Gasteiger partial charge in [0, 0.05) is 28.7 Å². The zero-order chi connectivity index (χ0) is 15.0. The number of hydrogen-bond acceptors (Lipinski definition) is 1. The summed E-state index contributed by atoms with van der Waals surface area (Å²) in [6.45, 7) is 3.87. The largest absolute Gasteiger partial charge is 0.358 e. The van der Waals surface area contributed by atoms with Crippen LogP contribution in [-0.2, 0) is 12.8 Å². The predicted molar refractivity (Wildman–Crippen MR) is 80.9 cm³/mol. The summed E-state index contributed by atoms with van der Waals surface area (Å²) in [5.41, 5.74) is 3.20. The van der Waals surface area contributed by atoms with Gasteiger partial charge in [0.2, 0.25) is 0 Å². The molecule has 5 heteroatoms. The molecule has 3 rings (SSSR count). The summed E-state index contributed by atoms with van der Waals surface area (Å²) in [4.78, 5) is 15.1. The Bertz CT molecular complexity index is 677. The minimum Gasteiger partial charge on any atom is -0.358 e. The van der Waals surface area contributed by atoms with Gasteiger partial charge in [0.1, 0.15) is 5.82 Å². The summed E-state index contributed by atoms with van der Waals surface area (Å²) in [6, 6.07) is 4.96. The Labute approximate surface area is 123 Å². The maximum Gasteiger partial charge on any atom is 0.315 e. The van der Waals surface area contributed by atoms with E-state index in [0.717, 1.165) is 35.9 Å². The van der Waals surface area contributed by atoms with Crippen molar-refractivity contribution in [2.75, 3.05) is 0 Å². The van der Waals surface area contributed by atoms with E-state index in [1.165, 1.54) is 17.7 Å². The van der Waals surface area contributed by atoms with E-state index < -0.39 is 0 Å². The Hall–Kier alpha value is -2.04. The number of fused-ring (bicyclic) bond motifs is 3. The van der Waals surface area contributed by atoms with Crippen molar-refractivity contribution in [3.63, 3.8) is 0 Å². The molecule has 1 aromatic heterocycles. The Kier molecular flexibility index (Phi) is 3.57. The summed E-state index contributed by atoms with van der Waals surface area (Å²) in [5, 5.41) is 6.92. The highest BCUT2D eigenvalue weighted by atomic mass is 19.1. The number of halogens is 1.